The zero-order valence-corrected chi connectivity index (χ0v) is 18.8. The summed E-state index contributed by atoms with van der Waals surface area (Å²) >= 11 is 0. The van der Waals surface area contributed by atoms with E-state index in [1.807, 2.05) is 6.92 Å². The smallest absolute Gasteiger partial charge is 0.247 e. The van der Waals surface area contributed by atoms with Gasteiger partial charge >= 0.3 is 0 Å². The highest BCUT2D eigenvalue weighted by atomic mass is 32.2. The van der Waals surface area contributed by atoms with Gasteiger partial charge in [-0.2, -0.15) is 0 Å². The first-order chi connectivity index (χ1) is 13.4. The van der Waals surface area contributed by atoms with Crippen LogP contribution in [0.4, 0.5) is 0 Å². The van der Waals surface area contributed by atoms with Gasteiger partial charge in [-0.3, -0.25) is 14.4 Å². The fourth-order valence-corrected chi connectivity index (χ4v) is 6.92. The Bertz CT molecular complexity index is 818. The van der Waals surface area contributed by atoms with Gasteiger partial charge in [0.25, 0.3) is 0 Å². The zero-order chi connectivity index (χ0) is 21.8. The fraction of sp³-hybridized carbons (Fsp3) is 0.850. The fourth-order valence-electron chi connectivity index (χ4n) is 4.79. The normalized spacial score (nSPS) is 30.1. The van der Waals surface area contributed by atoms with E-state index in [0.717, 1.165) is 25.7 Å². The summed E-state index contributed by atoms with van der Waals surface area (Å²) in [4.78, 5) is 41.3. The van der Waals surface area contributed by atoms with Crippen LogP contribution >= 0.6 is 0 Å². The van der Waals surface area contributed by atoms with E-state index in [-0.39, 0.29) is 24.3 Å². The maximum absolute atomic E-state index is 13.5. The molecular formula is C20H33N3O5S. The molecule has 29 heavy (non-hydrogen) atoms. The number of hydrogen-bond donors (Lipinski definition) is 1. The number of likely N-dealkylation sites (N-methyl/N-ethyl adjacent to an activating group) is 1. The van der Waals surface area contributed by atoms with Crippen molar-refractivity contribution in [3.63, 3.8) is 0 Å². The van der Waals surface area contributed by atoms with Gasteiger partial charge in [-0.25, -0.2) is 8.42 Å². The molecule has 0 bridgehead atoms. The minimum atomic E-state index is -3.66. The van der Waals surface area contributed by atoms with E-state index in [0.29, 0.717) is 6.42 Å². The summed E-state index contributed by atoms with van der Waals surface area (Å²) < 4.78 is 24.3. The van der Waals surface area contributed by atoms with Gasteiger partial charge in [-0.15, -0.1) is 0 Å². The Labute approximate surface area is 173 Å². The van der Waals surface area contributed by atoms with E-state index in [1.165, 1.54) is 37.1 Å². The predicted octanol–water partition coefficient (Wildman–Crippen LogP) is 1.20. The summed E-state index contributed by atoms with van der Waals surface area (Å²) in [5.74, 6) is -1.06. The van der Waals surface area contributed by atoms with Crippen LogP contribution in [0.3, 0.4) is 0 Å². The molecule has 0 aromatic heterocycles. The highest BCUT2D eigenvalue weighted by Gasteiger charge is 2.68. The van der Waals surface area contributed by atoms with Crippen LogP contribution in [0.1, 0.15) is 72.6 Å². The molecule has 1 saturated carbocycles. The van der Waals surface area contributed by atoms with Crippen LogP contribution in [0.15, 0.2) is 0 Å². The molecule has 0 radical (unpaired) electrons. The number of β-lactam (4-membered cyclic amide) rings is 1. The monoisotopic (exact) mass is 427 g/mol. The zero-order valence-electron chi connectivity index (χ0n) is 18.0. The Morgan fingerprint density at radius 1 is 1.24 bits per heavy atom. The molecule has 8 nitrogen and oxygen atoms in total. The molecule has 0 spiro atoms. The van der Waals surface area contributed by atoms with Gasteiger partial charge in [0.15, 0.2) is 9.84 Å². The number of sulfone groups is 1. The summed E-state index contributed by atoms with van der Waals surface area (Å²) in [5, 5.41) is 2.15. The van der Waals surface area contributed by atoms with Gasteiger partial charge in [0.1, 0.15) is 17.0 Å². The van der Waals surface area contributed by atoms with Crippen molar-refractivity contribution >= 4 is 27.6 Å². The number of carbonyl (C=O) groups is 3. The number of nitrogens with one attached hydrogen (secondary N) is 1. The molecule has 3 atom stereocenters. The van der Waals surface area contributed by atoms with E-state index >= 15 is 0 Å². The van der Waals surface area contributed by atoms with Crippen molar-refractivity contribution in [2.45, 2.75) is 100 Å². The molecule has 2 heterocycles. The van der Waals surface area contributed by atoms with Crippen LogP contribution in [0.5, 0.6) is 0 Å². The van der Waals surface area contributed by atoms with Crippen LogP contribution in [-0.2, 0) is 24.2 Å². The summed E-state index contributed by atoms with van der Waals surface area (Å²) in [7, 11) is -2.13. The van der Waals surface area contributed by atoms with Crippen LogP contribution < -0.4 is 5.32 Å². The lowest BCUT2D eigenvalue weighted by Crippen LogP contribution is -2.65. The number of carbonyl (C=O) groups excluding carboxylic acids is 3. The van der Waals surface area contributed by atoms with Crippen LogP contribution in [-0.4, -0.2) is 70.7 Å². The van der Waals surface area contributed by atoms with Crippen LogP contribution in [0.2, 0.25) is 0 Å². The lowest BCUT2D eigenvalue weighted by atomic mass is 9.89. The lowest BCUT2D eigenvalue weighted by Gasteiger charge is -2.43. The second-order valence-electron chi connectivity index (χ2n) is 9.34. The molecule has 1 aliphatic carbocycles. The summed E-state index contributed by atoms with van der Waals surface area (Å²) in [6.45, 7) is 6.53. The van der Waals surface area contributed by atoms with Crippen molar-refractivity contribution in [3.05, 3.63) is 0 Å². The molecule has 0 aromatic rings. The second-order valence-corrected chi connectivity index (χ2v) is 12.0. The minimum Gasteiger partial charge on any atom is -0.351 e. The Hall–Kier alpha value is -1.64. The topological polar surface area (TPSA) is 104 Å². The Kier molecular flexibility index (Phi) is 5.51. The molecule has 9 heteroatoms. The number of nitrogens with zero attached hydrogens (tertiary/aromatic N) is 2. The molecule has 3 rings (SSSR count). The lowest BCUT2D eigenvalue weighted by molar-refractivity contribution is -0.158. The van der Waals surface area contributed by atoms with E-state index in [2.05, 4.69) is 5.32 Å². The van der Waals surface area contributed by atoms with E-state index in [1.54, 1.807) is 6.92 Å². The molecule has 0 aromatic carbocycles. The minimum absolute atomic E-state index is 0.0769. The van der Waals surface area contributed by atoms with Crippen LogP contribution in [0.25, 0.3) is 0 Å². The summed E-state index contributed by atoms with van der Waals surface area (Å²) in [6, 6.07) is -1.01. The summed E-state index contributed by atoms with van der Waals surface area (Å²) in [6.07, 6.45) is 5.50. The van der Waals surface area contributed by atoms with E-state index in [4.69, 9.17) is 0 Å². The third kappa shape index (κ3) is 3.16. The standard InChI is InChI=1S/C20H33N3O5S/c1-6-20(4,18(26)21-13-10-8-7-9-11-13)22(5)17(25)16-19(2,3)29(27,28)15-12-14(24)23(15)16/h13,15-16H,6-12H2,1-5H3,(H,21,26)/t15-,16-,20+/m0/s1. The van der Waals surface area contributed by atoms with Gasteiger partial charge in [-0.1, -0.05) is 26.2 Å². The first-order valence-corrected chi connectivity index (χ1v) is 12.1. The van der Waals surface area contributed by atoms with Crippen molar-refractivity contribution in [2.24, 2.45) is 0 Å². The van der Waals surface area contributed by atoms with Crippen molar-refractivity contribution in [1.82, 2.24) is 15.1 Å². The first kappa shape index (κ1) is 22.1. The molecule has 3 amide bonds. The quantitative estimate of drug-likeness (QED) is 0.664. The van der Waals surface area contributed by atoms with Crippen molar-refractivity contribution in [3.8, 4) is 0 Å². The van der Waals surface area contributed by atoms with Crippen molar-refractivity contribution in [2.75, 3.05) is 7.05 Å². The van der Waals surface area contributed by atoms with Crippen molar-refractivity contribution in [1.29, 1.82) is 0 Å². The summed E-state index contributed by atoms with van der Waals surface area (Å²) in [5.41, 5.74) is -1.12. The molecule has 2 saturated heterocycles. The maximum atomic E-state index is 13.5. The Morgan fingerprint density at radius 3 is 2.34 bits per heavy atom. The predicted molar refractivity (Wildman–Crippen MR) is 109 cm³/mol. The number of fused-ring (bicyclic) bond motifs is 1. The third-order valence-electron chi connectivity index (χ3n) is 7.40. The van der Waals surface area contributed by atoms with E-state index < -0.39 is 37.4 Å². The first-order valence-electron chi connectivity index (χ1n) is 10.5. The highest BCUT2D eigenvalue weighted by molar-refractivity contribution is 7.93. The molecule has 164 valence electrons. The van der Waals surface area contributed by atoms with Crippen LogP contribution in [0, 0.1) is 0 Å². The SMILES string of the molecule is CC[C@](C)(C(=O)NC1CCCCC1)N(C)C(=O)[C@@H]1N2C(=O)C[C@@H]2S(=O)(=O)C1(C)C. The average molecular weight is 428 g/mol. The molecule has 2 aliphatic heterocycles. The maximum Gasteiger partial charge on any atom is 0.247 e. The van der Waals surface area contributed by atoms with E-state index in [9.17, 15) is 22.8 Å². The van der Waals surface area contributed by atoms with Gasteiger partial charge in [0, 0.05) is 13.1 Å². The molecule has 3 aliphatic rings. The average Bonchev–Trinajstić information content (AvgIpc) is 2.80. The molecule has 1 N–H and O–H groups in total. The Balaban J connectivity index is 1.85. The van der Waals surface area contributed by atoms with Gasteiger partial charge < -0.3 is 15.1 Å². The number of rotatable bonds is 5. The van der Waals surface area contributed by atoms with Crippen molar-refractivity contribution < 1.29 is 22.8 Å². The number of amides is 3. The number of hydrogen-bond acceptors (Lipinski definition) is 5. The highest BCUT2D eigenvalue weighted by Crippen LogP contribution is 2.46. The molecule has 3 fully saturated rings. The third-order valence-corrected chi connectivity index (χ3v) is 10.2. The second kappa shape index (κ2) is 7.25. The largest absolute Gasteiger partial charge is 0.351 e. The molecular weight excluding hydrogens is 394 g/mol. The Morgan fingerprint density at radius 2 is 1.83 bits per heavy atom. The van der Waals surface area contributed by atoms with Gasteiger partial charge in [0.05, 0.1) is 11.2 Å². The van der Waals surface area contributed by atoms with Gasteiger partial charge in [0.2, 0.25) is 17.7 Å². The molecule has 0 unspecified atom stereocenters. The van der Waals surface area contributed by atoms with Gasteiger partial charge in [-0.05, 0) is 40.0 Å².